The molecule has 5 heteroatoms. The van der Waals surface area contributed by atoms with Crippen LogP contribution in [0.25, 0.3) is 0 Å². The van der Waals surface area contributed by atoms with Crippen LogP contribution in [-0.4, -0.2) is 29.5 Å². The third kappa shape index (κ3) is 4.54. The van der Waals surface area contributed by atoms with Gasteiger partial charge in [-0.3, -0.25) is 4.90 Å². The molecule has 17 heavy (non-hydrogen) atoms. The first kappa shape index (κ1) is 14.9. The van der Waals surface area contributed by atoms with Gasteiger partial charge in [0.25, 0.3) is 0 Å². The second kappa shape index (κ2) is 7.31. The number of nitrogens with two attached hydrogens (primary N) is 1. The van der Waals surface area contributed by atoms with Gasteiger partial charge in [0, 0.05) is 19.3 Å². The van der Waals surface area contributed by atoms with Gasteiger partial charge in [0.05, 0.1) is 0 Å². The zero-order valence-electron chi connectivity index (χ0n) is 9.81. The topological polar surface area (TPSA) is 42.1 Å². The molecule has 1 aliphatic heterocycles. The van der Waals surface area contributed by atoms with Crippen LogP contribution in [-0.2, 0) is 6.54 Å². The fraction of sp³-hybridized carbons (Fsp3) is 0.583. The molecule has 0 aromatic carbocycles. The molecule has 1 aromatic heterocycles. The molecule has 0 spiro atoms. The molecule has 0 bridgehead atoms. The van der Waals surface area contributed by atoms with Crippen LogP contribution >= 0.6 is 28.3 Å². The van der Waals surface area contributed by atoms with E-state index >= 15 is 0 Å². The Morgan fingerprint density at radius 2 is 2.29 bits per heavy atom. The number of likely N-dealkylation sites (tertiary alicyclic amines) is 1. The predicted molar refractivity (Wildman–Crippen MR) is 76.2 cm³/mol. The molecule has 1 unspecified atom stereocenters. The highest BCUT2D eigenvalue weighted by Gasteiger charge is 2.18. The average Bonchev–Trinajstić information content (AvgIpc) is 2.32. The molecule has 2 heterocycles. The number of nitrogens with zero attached hydrogens (tertiary/aromatic N) is 2. The molecular formula is C12H19BrClN3. The first-order valence-corrected chi connectivity index (χ1v) is 6.60. The van der Waals surface area contributed by atoms with Crippen LogP contribution < -0.4 is 5.73 Å². The van der Waals surface area contributed by atoms with E-state index in [1.807, 2.05) is 12.3 Å². The van der Waals surface area contributed by atoms with Crippen molar-refractivity contribution in [3.05, 3.63) is 28.5 Å². The third-order valence-electron chi connectivity index (χ3n) is 3.13. The van der Waals surface area contributed by atoms with Crippen LogP contribution in [0.5, 0.6) is 0 Å². The lowest BCUT2D eigenvalue weighted by molar-refractivity contribution is 0.171. The third-order valence-corrected chi connectivity index (χ3v) is 3.60. The van der Waals surface area contributed by atoms with Crippen molar-refractivity contribution in [2.75, 3.05) is 19.6 Å². The lowest BCUT2D eigenvalue weighted by atomic mass is 9.98. The van der Waals surface area contributed by atoms with Crippen molar-refractivity contribution in [3.63, 3.8) is 0 Å². The van der Waals surface area contributed by atoms with Crippen molar-refractivity contribution in [1.82, 2.24) is 9.88 Å². The Bertz CT molecular complexity index is 331. The maximum Gasteiger partial charge on any atom is 0.106 e. The van der Waals surface area contributed by atoms with Crippen molar-refractivity contribution in [2.24, 2.45) is 11.7 Å². The Kier molecular flexibility index (Phi) is 6.41. The number of aromatic nitrogens is 1. The standard InChI is InChI=1S/C12H18BrN3.ClH/c13-12-4-3-11(7-15-12)9-16-5-1-2-10(6-14)8-16;/h3-4,7,10H,1-2,5-6,8-9,14H2;1H. The van der Waals surface area contributed by atoms with E-state index in [9.17, 15) is 0 Å². The van der Waals surface area contributed by atoms with E-state index in [-0.39, 0.29) is 12.4 Å². The first-order valence-electron chi connectivity index (χ1n) is 5.81. The summed E-state index contributed by atoms with van der Waals surface area (Å²) in [6.45, 7) is 4.13. The number of hydrogen-bond acceptors (Lipinski definition) is 3. The van der Waals surface area contributed by atoms with Crippen LogP contribution in [0.4, 0.5) is 0 Å². The van der Waals surface area contributed by atoms with Gasteiger partial charge in [0.2, 0.25) is 0 Å². The summed E-state index contributed by atoms with van der Waals surface area (Å²) in [5, 5.41) is 0. The van der Waals surface area contributed by atoms with Crippen LogP contribution in [0.15, 0.2) is 22.9 Å². The van der Waals surface area contributed by atoms with Crippen LogP contribution in [0.3, 0.4) is 0 Å². The molecule has 1 fully saturated rings. The normalized spacial score (nSPS) is 20.9. The molecule has 1 saturated heterocycles. The van der Waals surface area contributed by atoms with E-state index < -0.39 is 0 Å². The van der Waals surface area contributed by atoms with Crippen LogP contribution in [0, 0.1) is 5.92 Å². The molecule has 1 aromatic rings. The summed E-state index contributed by atoms with van der Waals surface area (Å²) in [5.74, 6) is 0.678. The molecule has 1 atom stereocenters. The fourth-order valence-corrected chi connectivity index (χ4v) is 2.48. The predicted octanol–water partition coefficient (Wildman–Crippen LogP) is 2.44. The van der Waals surface area contributed by atoms with Crippen molar-refractivity contribution in [3.8, 4) is 0 Å². The fourth-order valence-electron chi connectivity index (χ4n) is 2.25. The summed E-state index contributed by atoms with van der Waals surface area (Å²) < 4.78 is 0.898. The van der Waals surface area contributed by atoms with Gasteiger partial charge < -0.3 is 5.73 Å². The summed E-state index contributed by atoms with van der Waals surface area (Å²) in [5.41, 5.74) is 7.01. The van der Waals surface area contributed by atoms with E-state index in [1.54, 1.807) is 0 Å². The largest absolute Gasteiger partial charge is 0.330 e. The number of pyridine rings is 1. The number of rotatable bonds is 3. The molecule has 2 N–H and O–H groups in total. The lowest BCUT2D eigenvalue weighted by Gasteiger charge is -2.31. The van der Waals surface area contributed by atoms with E-state index in [0.717, 1.165) is 24.2 Å². The average molecular weight is 321 g/mol. The van der Waals surface area contributed by atoms with E-state index in [2.05, 4.69) is 31.9 Å². The summed E-state index contributed by atoms with van der Waals surface area (Å²) in [6.07, 6.45) is 4.49. The van der Waals surface area contributed by atoms with Crippen molar-refractivity contribution >= 4 is 28.3 Å². The van der Waals surface area contributed by atoms with Crippen LogP contribution in [0.1, 0.15) is 18.4 Å². The van der Waals surface area contributed by atoms with Gasteiger partial charge in [-0.25, -0.2) is 4.98 Å². The first-order chi connectivity index (χ1) is 7.78. The smallest absolute Gasteiger partial charge is 0.106 e. The maximum atomic E-state index is 5.73. The zero-order chi connectivity index (χ0) is 11.4. The Balaban J connectivity index is 0.00000144. The summed E-state index contributed by atoms with van der Waals surface area (Å²) >= 11 is 3.35. The zero-order valence-corrected chi connectivity index (χ0v) is 12.2. The van der Waals surface area contributed by atoms with Gasteiger partial charge >= 0.3 is 0 Å². The van der Waals surface area contributed by atoms with Gasteiger partial charge in [-0.2, -0.15) is 0 Å². The molecular weight excluding hydrogens is 302 g/mol. The van der Waals surface area contributed by atoms with Gasteiger partial charge in [-0.15, -0.1) is 12.4 Å². The van der Waals surface area contributed by atoms with Gasteiger partial charge in [-0.05, 0) is 59.4 Å². The van der Waals surface area contributed by atoms with Crippen molar-refractivity contribution in [1.29, 1.82) is 0 Å². The molecule has 0 saturated carbocycles. The second-order valence-corrected chi connectivity index (χ2v) is 5.28. The summed E-state index contributed by atoms with van der Waals surface area (Å²) in [6, 6.07) is 4.13. The number of halogens is 2. The molecule has 96 valence electrons. The Morgan fingerprint density at radius 3 is 2.94 bits per heavy atom. The molecule has 2 rings (SSSR count). The number of piperidine rings is 1. The van der Waals surface area contributed by atoms with Gasteiger partial charge in [-0.1, -0.05) is 6.07 Å². The quantitative estimate of drug-likeness (QED) is 0.870. The SMILES string of the molecule is Cl.NCC1CCCN(Cc2ccc(Br)nc2)C1. The second-order valence-electron chi connectivity index (χ2n) is 4.47. The number of hydrogen-bond donors (Lipinski definition) is 1. The highest BCUT2D eigenvalue weighted by molar-refractivity contribution is 9.10. The molecule has 0 aliphatic carbocycles. The Labute approximate surface area is 117 Å². The van der Waals surface area contributed by atoms with E-state index in [1.165, 1.54) is 24.9 Å². The van der Waals surface area contributed by atoms with E-state index in [0.29, 0.717) is 5.92 Å². The highest BCUT2D eigenvalue weighted by atomic mass is 79.9. The van der Waals surface area contributed by atoms with Crippen molar-refractivity contribution < 1.29 is 0 Å². The minimum absolute atomic E-state index is 0. The molecule has 3 nitrogen and oxygen atoms in total. The molecule has 0 amide bonds. The molecule has 1 aliphatic rings. The highest BCUT2D eigenvalue weighted by Crippen LogP contribution is 2.17. The Morgan fingerprint density at radius 1 is 1.47 bits per heavy atom. The van der Waals surface area contributed by atoms with Crippen molar-refractivity contribution in [2.45, 2.75) is 19.4 Å². The summed E-state index contributed by atoms with van der Waals surface area (Å²) in [7, 11) is 0. The molecule has 0 radical (unpaired) electrons. The summed E-state index contributed by atoms with van der Waals surface area (Å²) in [4.78, 5) is 6.73. The maximum absolute atomic E-state index is 5.73. The lowest BCUT2D eigenvalue weighted by Crippen LogP contribution is -2.37. The Hall–Kier alpha value is -0.160. The minimum Gasteiger partial charge on any atom is -0.330 e. The van der Waals surface area contributed by atoms with Gasteiger partial charge in [0.15, 0.2) is 0 Å². The van der Waals surface area contributed by atoms with Crippen LogP contribution in [0.2, 0.25) is 0 Å². The minimum atomic E-state index is 0. The van der Waals surface area contributed by atoms with E-state index in [4.69, 9.17) is 5.73 Å². The van der Waals surface area contributed by atoms with Gasteiger partial charge in [0.1, 0.15) is 4.60 Å². The monoisotopic (exact) mass is 319 g/mol.